The van der Waals surface area contributed by atoms with Gasteiger partial charge in [0.25, 0.3) is 0 Å². The van der Waals surface area contributed by atoms with Crippen LogP contribution in [0.15, 0.2) is 0 Å². The van der Waals surface area contributed by atoms with E-state index in [9.17, 15) is 19.8 Å². The third kappa shape index (κ3) is 10.9. The fraction of sp³-hybridized carbons (Fsp3) is 0.867. The minimum absolute atomic E-state index is 0.0611. The molecule has 0 rings (SSSR count). The van der Waals surface area contributed by atoms with Gasteiger partial charge in [-0.1, -0.05) is 6.42 Å². The molecule has 0 spiro atoms. The topological polar surface area (TPSA) is 169 Å². The Hall–Kier alpha value is -1.46. The van der Waals surface area contributed by atoms with Crippen LogP contribution in [0.2, 0.25) is 0 Å². The van der Waals surface area contributed by atoms with Gasteiger partial charge in [0.05, 0.1) is 38.4 Å². The van der Waals surface area contributed by atoms with Gasteiger partial charge in [0.1, 0.15) is 6.10 Å². The molecule has 0 aromatic rings. The second kappa shape index (κ2) is 13.8. The summed E-state index contributed by atoms with van der Waals surface area (Å²) in [5.74, 6) is -0.845. The number of aliphatic hydroxyl groups is 4. The monoisotopic (exact) mass is 366 g/mol. The Morgan fingerprint density at radius 2 is 1.60 bits per heavy atom. The van der Waals surface area contributed by atoms with Gasteiger partial charge in [0.15, 0.2) is 0 Å². The SMILES string of the molecule is O=C(O)CCCCCNC(=O)NCC(CO)(CO)COC(CO)CO. The van der Waals surface area contributed by atoms with Crippen molar-refractivity contribution in [3.63, 3.8) is 0 Å². The number of ether oxygens (including phenoxy) is 1. The second-order valence-electron chi connectivity index (χ2n) is 5.93. The van der Waals surface area contributed by atoms with Crippen molar-refractivity contribution in [2.45, 2.75) is 31.8 Å². The number of carbonyl (C=O) groups is 2. The van der Waals surface area contributed by atoms with Crippen molar-refractivity contribution < 1.29 is 39.9 Å². The molecule has 0 aromatic heterocycles. The molecule has 0 radical (unpaired) electrons. The molecule has 10 nitrogen and oxygen atoms in total. The van der Waals surface area contributed by atoms with Crippen LogP contribution in [0.25, 0.3) is 0 Å². The fourth-order valence-electron chi connectivity index (χ4n) is 1.87. The van der Waals surface area contributed by atoms with Crippen molar-refractivity contribution >= 4 is 12.0 Å². The maximum absolute atomic E-state index is 11.7. The minimum Gasteiger partial charge on any atom is -0.481 e. The predicted octanol–water partition coefficient (Wildman–Crippen LogP) is -1.73. The Bertz CT molecular complexity index is 373. The van der Waals surface area contributed by atoms with E-state index in [0.717, 1.165) is 0 Å². The summed E-state index contributed by atoms with van der Waals surface area (Å²) < 4.78 is 5.23. The van der Waals surface area contributed by atoms with Gasteiger partial charge >= 0.3 is 12.0 Å². The first-order valence-corrected chi connectivity index (χ1v) is 8.21. The van der Waals surface area contributed by atoms with E-state index in [4.69, 9.17) is 20.1 Å². The molecular formula is C15H30N2O8. The molecule has 0 bridgehead atoms. The Kier molecular flexibility index (Phi) is 13.0. The average molecular weight is 366 g/mol. The zero-order valence-electron chi connectivity index (χ0n) is 14.3. The Morgan fingerprint density at radius 1 is 0.960 bits per heavy atom. The van der Waals surface area contributed by atoms with Crippen LogP contribution < -0.4 is 10.6 Å². The van der Waals surface area contributed by atoms with Crippen molar-refractivity contribution in [3.8, 4) is 0 Å². The van der Waals surface area contributed by atoms with Crippen LogP contribution in [0, 0.1) is 5.41 Å². The number of hydrogen-bond acceptors (Lipinski definition) is 7. The molecule has 0 fully saturated rings. The van der Waals surface area contributed by atoms with Gasteiger partial charge in [0.2, 0.25) is 0 Å². The van der Waals surface area contributed by atoms with Gasteiger partial charge in [-0.3, -0.25) is 4.79 Å². The first-order valence-electron chi connectivity index (χ1n) is 8.21. The summed E-state index contributed by atoms with van der Waals surface area (Å²) in [5.41, 5.74) is -1.14. The van der Waals surface area contributed by atoms with E-state index in [0.29, 0.717) is 25.8 Å². The molecule has 0 aromatic carbocycles. The lowest BCUT2D eigenvalue weighted by atomic mass is 9.91. The van der Waals surface area contributed by atoms with Crippen LogP contribution >= 0.6 is 0 Å². The molecule has 2 amide bonds. The molecule has 0 heterocycles. The summed E-state index contributed by atoms with van der Waals surface area (Å²) >= 11 is 0. The zero-order valence-corrected chi connectivity index (χ0v) is 14.3. The number of urea groups is 1. The largest absolute Gasteiger partial charge is 0.481 e. The molecule has 0 aliphatic heterocycles. The van der Waals surface area contributed by atoms with Gasteiger partial charge in [-0.2, -0.15) is 0 Å². The first-order chi connectivity index (χ1) is 11.9. The molecule has 0 atom stereocenters. The number of aliphatic carboxylic acids is 1. The molecule has 148 valence electrons. The van der Waals surface area contributed by atoms with Gasteiger partial charge in [-0.25, -0.2) is 4.79 Å². The highest BCUT2D eigenvalue weighted by atomic mass is 16.5. The van der Waals surface area contributed by atoms with Crippen molar-refractivity contribution in [3.05, 3.63) is 0 Å². The van der Waals surface area contributed by atoms with Gasteiger partial charge in [0, 0.05) is 19.5 Å². The van der Waals surface area contributed by atoms with E-state index in [1.54, 1.807) is 0 Å². The quantitative estimate of drug-likeness (QED) is 0.168. The highest BCUT2D eigenvalue weighted by Crippen LogP contribution is 2.16. The van der Waals surface area contributed by atoms with Crippen LogP contribution in [0.4, 0.5) is 4.79 Å². The smallest absolute Gasteiger partial charge is 0.314 e. The summed E-state index contributed by atoms with van der Waals surface area (Å²) in [7, 11) is 0. The minimum atomic E-state index is -1.14. The number of carboxylic acids is 1. The molecule has 0 saturated heterocycles. The summed E-state index contributed by atoms with van der Waals surface area (Å²) in [6.07, 6.45) is 1.15. The summed E-state index contributed by atoms with van der Waals surface area (Å²) in [4.78, 5) is 22.1. The van der Waals surface area contributed by atoms with Crippen molar-refractivity contribution in [1.82, 2.24) is 10.6 Å². The predicted molar refractivity (Wildman–Crippen MR) is 88.0 cm³/mol. The van der Waals surface area contributed by atoms with Crippen LogP contribution in [0.1, 0.15) is 25.7 Å². The lowest BCUT2D eigenvalue weighted by molar-refractivity contribution is -0.137. The third-order valence-corrected chi connectivity index (χ3v) is 3.68. The van der Waals surface area contributed by atoms with E-state index in [2.05, 4.69) is 10.6 Å². The van der Waals surface area contributed by atoms with Crippen LogP contribution in [-0.2, 0) is 9.53 Å². The number of unbranched alkanes of at least 4 members (excludes halogenated alkanes) is 2. The van der Waals surface area contributed by atoms with Crippen molar-refractivity contribution in [2.24, 2.45) is 5.41 Å². The van der Waals surface area contributed by atoms with Gasteiger partial charge < -0.3 is 40.9 Å². The molecule has 10 heteroatoms. The molecule has 0 aliphatic rings. The van der Waals surface area contributed by atoms with Gasteiger partial charge in [-0.15, -0.1) is 0 Å². The van der Waals surface area contributed by atoms with E-state index < -0.39 is 49.9 Å². The van der Waals surface area contributed by atoms with E-state index in [-0.39, 0.29) is 19.6 Å². The van der Waals surface area contributed by atoms with E-state index in [1.165, 1.54) is 0 Å². The van der Waals surface area contributed by atoms with Crippen molar-refractivity contribution in [2.75, 3.05) is 46.1 Å². The summed E-state index contributed by atoms with van der Waals surface area (Å²) in [6.45, 7) is -1.55. The number of amides is 2. The molecule has 25 heavy (non-hydrogen) atoms. The molecule has 7 N–H and O–H groups in total. The first kappa shape index (κ1) is 23.5. The highest BCUT2D eigenvalue weighted by Gasteiger charge is 2.31. The Labute approximate surface area is 146 Å². The number of hydrogen-bond donors (Lipinski definition) is 7. The Balaban J connectivity index is 4.10. The normalized spacial score (nSPS) is 11.6. The molecule has 0 aliphatic carbocycles. The standard InChI is InChI=1S/C15H30N2O8/c18-6-12(7-19)25-11-15(9-20,10-21)8-17-14(24)16-5-3-1-2-4-13(22)23/h12,18-21H,1-11H2,(H,22,23)(H2,16,17,24). The number of rotatable bonds is 15. The Morgan fingerprint density at radius 3 is 2.12 bits per heavy atom. The van der Waals surface area contributed by atoms with Gasteiger partial charge in [-0.05, 0) is 12.8 Å². The van der Waals surface area contributed by atoms with E-state index >= 15 is 0 Å². The summed E-state index contributed by atoms with van der Waals surface area (Å²) in [5, 5.41) is 50.5. The van der Waals surface area contributed by atoms with Crippen LogP contribution in [0.5, 0.6) is 0 Å². The maximum Gasteiger partial charge on any atom is 0.314 e. The summed E-state index contributed by atoms with van der Waals surface area (Å²) in [6, 6.07) is -0.481. The number of carbonyl (C=O) groups excluding carboxylic acids is 1. The van der Waals surface area contributed by atoms with Crippen molar-refractivity contribution in [1.29, 1.82) is 0 Å². The average Bonchev–Trinajstić information content (AvgIpc) is 2.61. The lowest BCUT2D eigenvalue weighted by Crippen LogP contribution is -2.49. The highest BCUT2D eigenvalue weighted by molar-refractivity contribution is 5.73. The molecule has 0 saturated carbocycles. The number of aliphatic hydroxyl groups excluding tert-OH is 4. The third-order valence-electron chi connectivity index (χ3n) is 3.68. The fourth-order valence-corrected chi connectivity index (χ4v) is 1.87. The van der Waals surface area contributed by atoms with Crippen LogP contribution in [0.3, 0.4) is 0 Å². The lowest BCUT2D eigenvalue weighted by Gasteiger charge is -2.31. The van der Waals surface area contributed by atoms with E-state index in [1.807, 2.05) is 0 Å². The number of carboxylic acid groups (broad SMARTS) is 1. The molecule has 0 unspecified atom stereocenters. The van der Waals surface area contributed by atoms with Crippen LogP contribution in [-0.4, -0.2) is 89.8 Å². The zero-order chi connectivity index (χ0) is 19.1. The second-order valence-corrected chi connectivity index (χ2v) is 5.93. The number of nitrogens with one attached hydrogen (secondary N) is 2. The molecular weight excluding hydrogens is 336 g/mol. The maximum atomic E-state index is 11.7.